The van der Waals surface area contributed by atoms with Crippen LogP contribution in [-0.4, -0.2) is 26.5 Å². The van der Waals surface area contributed by atoms with Gasteiger partial charge in [0.05, 0.1) is 0 Å². The molecule has 0 aliphatic carbocycles. The summed E-state index contributed by atoms with van der Waals surface area (Å²) in [5.41, 5.74) is 0. The van der Waals surface area contributed by atoms with Crippen LogP contribution in [0.25, 0.3) is 0 Å². The molecule has 0 radical (unpaired) electrons. The van der Waals surface area contributed by atoms with Gasteiger partial charge in [-0.1, -0.05) is 13.3 Å². The predicted molar refractivity (Wildman–Crippen MR) is 54.9 cm³/mol. The Balaban J connectivity index is 2.56. The van der Waals surface area contributed by atoms with Gasteiger partial charge in [-0.3, -0.25) is 4.68 Å². The summed E-state index contributed by atoms with van der Waals surface area (Å²) in [5.74, 6) is 1.31. The predicted octanol–water partition coefficient (Wildman–Crippen LogP) is 1.25. The van der Waals surface area contributed by atoms with Crippen molar-refractivity contribution in [2.45, 2.75) is 39.7 Å². The van der Waals surface area contributed by atoms with Crippen LogP contribution in [0, 0.1) is 5.92 Å². The molecule has 0 bridgehead atoms. The summed E-state index contributed by atoms with van der Waals surface area (Å²) in [4.78, 5) is 4.20. The summed E-state index contributed by atoms with van der Waals surface area (Å²) in [7, 11) is 0. The Morgan fingerprint density at radius 3 is 2.86 bits per heavy atom. The smallest absolute Gasteiger partial charge is 0.138 e. The second-order valence-corrected chi connectivity index (χ2v) is 3.53. The lowest BCUT2D eigenvalue weighted by atomic mass is 10.0. The third-order valence-electron chi connectivity index (χ3n) is 2.42. The van der Waals surface area contributed by atoms with Crippen LogP contribution in [0.3, 0.4) is 0 Å². The quantitative estimate of drug-likeness (QED) is 0.746. The molecule has 1 aromatic heterocycles. The van der Waals surface area contributed by atoms with Gasteiger partial charge in [0.2, 0.25) is 0 Å². The molecular weight excluding hydrogens is 178 g/mol. The van der Waals surface area contributed by atoms with Crippen molar-refractivity contribution < 1.29 is 5.11 Å². The Morgan fingerprint density at radius 1 is 1.50 bits per heavy atom. The van der Waals surface area contributed by atoms with Gasteiger partial charge in [0.1, 0.15) is 12.2 Å². The summed E-state index contributed by atoms with van der Waals surface area (Å²) >= 11 is 0. The molecule has 0 fully saturated rings. The molecular formula is C10H19N3O. The number of aliphatic hydroxyl groups is 1. The van der Waals surface area contributed by atoms with Gasteiger partial charge in [-0.15, -0.1) is 0 Å². The Morgan fingerprint density at radius 2 is 2.29 bits per heavy atom. The fourth-order valence-corrected chi connectivity index (χ4v) is 1.63. The number of aliphatic hydroxyl groups excluding tert-OH is 1. The summed E-state index contributed by atoms with van der Waals surface area (Å²) in [6.07, 6.45) is 4.57. The van der Waals surface area contributed by atoms with E-state index in [-0.39, 0.29) is 6.61 Å². The van der Waals surface area contributed by atoms with E-state index in [9.17, 15) is 0 Å². The van der Waals surface area contributed by atoms with Gasteiger partial charge < -0.3 is 5.11 Å². The molecule has 0 spiro atoms. The Hall–Kier alpha value is -0.900. The van der Waals surface area contributed by atoms with E-state index in [1.807, 2.05) is 11.6 Å². The Labute approximate surface area is 85.0 Å². The highest BCUT2D eigenvalue weighted by Gasteiger charge is 2.11. The van der Waals surface area contributed by atoms with E-state index in [4.69, 9.17) is 5.11 Å². The van der Waals surface area contributed by atoms with Gasteiger partial charge in [0.15, 0.2) is 0 Å². The second-order valence-electron chi connectivity index (χ2n) is 3.53. The molecule has 0 aliphatic heterocycles. The van der Waals surface area contributed by atoms with Crippen LogP contribution in [0.5, 0.6) is 0 Å². The van der Waals surface area contributed by atoms with Crippen LogP contribution in [-0.2, 0) is 13.0 Å². The standard InChI is InChI=1S/C10H19N3O/c1-3-5-9(7-14)6-10-11-8-12-13(10)4-2/h8-9,14H,3-7H2,1-2H3. The largest absolute Gasteiger partial charge is 0.396 e. The van der Waals surface area contributed by atoms with Gasteiger partial charge in [-0.25, -0.2) is 4.98 Å². The van der Waals surface area contributed by atoms with Crippen molar-refractivity contribution in [3.05, 3.63) is 12.2 Å². The molecule has 0 aromatic carbocycles. The minimum atomic E-state index is 0.240. The molecule has 1 aromatic rings. The third kappa shape index (κ3) is 2.80. The highest BCUT2D eigenvalue weighted by atomic mass is 16.3. The maximum Gasteiger partial charge on any atom is 0.138 e. The van der Waals surface area contributed by atoms with E-state index >= 15 is 0 Å². The van der Waals surface area contributed by atoms with Crippen LogP contribution in [0.2, 0.25) is 0 Å². The summed E-state index contributed by atoms with van der Waals surface area (Å²) in [6, 6.07) is 0. The minimum Gasteiger partial charge on any atom is -0.396 e. The number of nitrogens with zero attached hydrogens (tertiary/aromatic N) is 3. The van der Waals surface area contributed by atoms with Crippen molar-refractivity contribution in [2.24, 2.45) is 5.92 Å². The Kier molecular flexibility index (Phi) is 4.59. The molecule has 1 atom stereocenters. The number of aromatic nitrogens is 3. The molecule has 4 nitrogen and oxygen atoms in total. The first-order valence-electron chi connectivity index (χ1n) is 5.29. The van der Waals surface area contributed by atoms with E-state index < -0.39 is 0 Å². The second kappa shape index (κ2) is 5.75. The molecule has 1 rings (SSSR count). The van der Waals surface area contributed by atoms with Crippen LogP contribution >= 0.6 is 0 Å². The van der Waals surface area contributed by atoms with E-state index in [2.05, 4.69) is 17.0 Å². The fourth-order valence-electron chi connectivity index (χ4n) is 1.63. The molecule has 1 heterocycles. The van der Waals surface area contributed by atoms with Gasteiger partial charge in [-0.05, 0) is 19.3 Å². The molecule has 0 amide bonds. The molecule has 0 aliphatic rings. The highest BCUT2D eigenvalue weighted by molar-refractivity contribution is 4.87. The lowest BCUT2D eigenvalue weighted by Gasteiger charge is -2.12. The lowest BCUT2D eigenvalue weighted by molar-refractivity contribution is 0.214. The molecule has 14 heavy (non-hydrogen) atoms. The van der Waals surface area contributed by atoms with Crippen LogP contribution in [0.1, 0.15) is 32.5 Å². The zero-order chi connectivity index (χ0) is 10.4. The van der Waals surface area contributed by atoms with Crippen molar-refractivity contribution in [1.29, 1.82) is 0 Å². The maximum absolute atomic E-state index is 9.16. The SMILES string of the molecule is CCCC(CO)Cc1ncnn1CC. The van der Waals surface area contributed by atoms with E-state index in [1.54, 1.807) is 6.33 Å². The number of rotatable bonds is 6. The van der Waals surface area contributed by atoms with Crippen LogP contribution in [0.4, 0.5) is 0 Å². The van der Waals surface area contributed by atoms with Crippen molar-refractivity contribution in [3.63, 3.8) is 0 Å². The molecule has 0 saturated carbocycles. The van der Waals surface area contributed by atoms with E-state index in [0.29, 0.717) is 5.92 Å². The average molecular weight is 197 g/mol. The molecule has 1 N–H and O–H groups in total. The lowest BCUT2D eigenvalue weighted by Crippen LogP contribution is -2.14. The van der Waals surface area contributed by atoms with Crippen LogP contribution < -0.4 is 0 Å². The Bertz CT molecular complexity index is 260. The van der Waals surface area contributed by atoms with Crippen LogP contribution in [0.15, 0.2) is 6.33 Å². The molecule has 80 valence electrons. The van der Waals surface area contributed by atoms with Crippen molar-refractivity contribution in [1.82, 2.24) is 14.8 Å². The van der Waals surface area contributed by atoms with Gasteiger partial charge in [0.25, 0.3) is 0 Å². The first-order valence-corrected chi connectivity index (χ1v) is 5.29. The van der Waals surface area contributed by atoms with Crippen molar-refractivity contribution in [2.75, 3.05) is 6.61 Å². The highest BCUT2D eigenvalue weighted by Crippen LogP contribution is 2.11. The van der Waals surface area contributed by atoms with E-state index in [0.717, 1.165) is 31.6 Å². The summed E-state index contributed by atoms with van der Waals surface area (Å²) < 4.78 is 1.89. The molecule has 4 heteroatoms. The average Bonchev–Trinajstić information content (AvgIpc) is 2.64. The third-order valence-corrected chi connectivity index (χ3v) is 2.42. The normalized spacial score (nSPS) is 13.1. The van der Waals surface area contributed by atoms with Gasteiger partial charge in [-0.2, -0.15) is 5.10 Å². The monoisotopic (exact) mass is 197 g/mol. The minimum absolute atomic E-state index is 0.240. The van der Waals surface area contributed by atoms with Gasteiger partial charge in [0, 0.05) is 19.6 Å². The topological polar surface area (TPSA) is 50.9 Å². The number of hydrogen-bond acceptors (Lipinski definition) is 3. The molecule has 0 saturated heterocycles. The summed E-state index contributed by atoms with van der Waals surface area (Å²) in [6.45, 7) is 5.27. The first kappa shape index (κ1) is 11.2. The summed E-state index contributed by atoms with van der Waals surface area (Å²) in [5, 5.41) is 13.3. The van der Waals surface area contributed by atoms with E-state index in [1.165, 1.54) is 0 Å². The van der Waals surface area contributed by atoms with Crippen molar-refractivity contribution in [3.8, 4) is 0 Å². The first-order chi connectivity index (χ1) is 6.81. The fraction of sp³-hybridized carbons (Fsp3) is 0.800. The molecule has 1 unspecified atom stereocenters. The number of hydrogen-bond donors (Lipinski definition) is 1. The number of aryl methyl sites for hydroxylation is 1. The zero-order valence-corrected chi connectivity index (χ0v) is 8.98. The van der Waals surface area contributed by atoms with Gasteiger partial charge >= 0.3 is 0 Å². The zero-order valence-electron chi connectivity index (χ0n) is 8.98. The van der Waals surface area contributed by atoms with Crippen molar-refractivity contribution >= 4 is 0 Å². The maximum atomic E-state index is 9.16.